The highest BCUT2D eigenvalue weighted by Gasteiger charge is 2.34. The number of fused-ring (bicyclic) bond motifs is 1. The Hall–Kier alpha value is -3.87. The molecule has 0 saturated carbocycles. The van der Waals surface area contributed by atoms with Crippen LogP contribution in [0.25, 0.3) is 0 Å². The van der Waals surface area contributed by atoms with Gasteiger partial charge >= 0.3 is 5.69 Å². The minimum absolute atomic E-state index is 0.00537. The molecule has 120 valence electrons. The monoisotopic (exact) mass is 327 g/mol. The predicted octanol–water partition coefficient (Wildman–Crippen LogP) is 0.190. The number of rotatable bonds is 2. The summed E-state index contributed by atoms with van der Waals surface area (Å²) in [5.74, 6) is -1.33. The number of nitro benzene ring substituents is 1. The first-order chi connectivity index (χ1) is 11.4. The number of nitriles is 1. The van der Waals surface area contributed by atoms with Crippen LogP contribution in [0.15, 0.2) is 45.3 Å². The molecular formula is C14H9N5O5. The third-order valence-corrected chi connectivity index (χ3v) is 3.56. The van der Waals surface area contributed by atoms with Crippen LogP contribution in [0.5, 0.6) is 5.88 Å². The summed E-state index contributed by atoms with van der Waals surface area (Å²) < 4.78 is 5.16. The average Bonchev–Trinajstić information content (AvgIpc) is 2.53. The second-order valence-electron chi connectivity index (χ2n) is 4.92. The summed E-state index contributed by atoms with van der Waals surface area (Å²) in [5, 5.41) is 20.1. The number of non-ortho nitro benzene ring substituents is 1. The molecular weight excluding hydrogens is 318 g/mol. The standard InChI is InChI=1S/C14H9N5O5/c15-5-8-9(6-1-3-7(4-2-6)19(22)23)10-12(20)17-14(21)18-13(10)24-11(8)16/h1-4,9H,16H2,(H2,17,18,20,21)/t9-/m0/s1. The Bertz CT molecular complexity index is 1030. The van der Waals surface area contributed by atoms with Crippen molar-refractivity contribution >= 4 is 5.69 Å². The Morgan fingerprint density at radius 2 is 1.92 bits per heavy atom. The van der Waals surface area contributed by atoms with E-state index < -0.39 is 22.1 Å². The number of ether oxygens (including phenoxy) is 1. The number of hydrogen-bond donors (Lipinski definition) is 3. The first-order valence-electron chi connectivity index (χ1n) is 6.60. The summed E-state index contributed by atoms with van der Waals surface area (Å²) >= 11 is 0. The van der Waals surface area contributed by atoms with E-state index in [1.807, 2.05) is 6.07 Å². The molecule has 10 nitrogen and oxygen atoms in total. The van der Waals surface area contributed by atoms with E-state index in [1.165, 1.54) is 24.3 Å². The number of nitrogens with zero attached hydrogens (tertiary/aromatic N) is 2. The topological polar surface area (TPSA) is 168 Å². The highest BCUT2D eigenvalue weighted by atomic mass is 16.6. The number of hydrogen-bond acceptors (Lipinski definition) is 7. The van der Waals surface area contributed by atoms with Crippen molar-refractivity contribution < 1.29 is 9.66 Å². The van der Waals surface area contributed by atoms with Gasteiger partial charge in [0.1, 0.15) is 11.6 Å². The van der Waals surface area contributed by atoms with Gasteiger partial charge in [-0.25, -0.2) is 4.79 Å². The fourth-order valence-electron chi connectivity index (χ4n) is 2.51. The second kappa shape index (κ2) is 5.40. The predicted molar refractivity (Wildman–Crippen MR) is 80.1 cm³/mol. The van der Waals surface area contributed by atoms with Gasteiger partial charge in [0.2, 0.25) is 11.8 Å². The van der Waals surface area contributed by atoms with Crippen LogP contribution in [0.3, 0.4) is 0 Å². The number of aromatic nitrogens is 2. The van der Waals surface area contributed by atoms with E-state index in [9.17, 15) is 25.0 Å². The summed E-state index contributed by atoms with van der Waals surface area (Å²) in [6.45, 7) is 0. The Balaban J connectivity index is 2.25. The van der Waals surface area contributed by atoms with Gasteiger partial charge in [-0.15, -0.1) is 0 Å². The molecule has 0 unspecified atom stereocenters. The van der Waals surface area contributed by atoms with Crippen molar-refractivity contribution in [2.24, 2.45) is 5.73 Å². The second-order valence-corrected chi connectivity index (χ2v) is 4.92. The number of aromatic amines is 2. The molecule has 1 atom stereocenters. The maximum atomic E-state index is 12.2. The van der Waals surface area contributed by atoms with E-state index >= 15 is 0 Å². The molecule has 1 aromatic heterocycles. The van der Waals surface area contributed by atoms with Gasteiger partial charge in [-0.1, -0.05) is 12.1 Å². The molecule has 0 amide bonds. The smallest absolute Gasteiger partial charge is 0.328 e. The van der Waals surface area contributed by atoms with Crippen molar-refractivity contribution in [3.63, 3.8) is 0 Å². The molecule has 10 heteroatoms. The van der Waals surface area contributed by atoms with Crippen LogP contribution in [0.2, 0.25) is 0 Å². The number of allylic oxidation sites excluding steroid dienone is 1. The molecule has 4 N–H and O–H groups in total. The van der Waals surface area contributed by atoms with Crippen molar-refractivity contribution in [2.45, 2.75) is 5.92 Å². The molecule has 2 heterocycles. The lowest BCUT2D eigenvalue weighted by molar-refractivity contribution is -0.384. The molecule has 0 spiro atoms. The fourth-order valence-corrected chi connectivity index (χ4v) is 2.51. The Morgan fingerprint density at radius 3 is 2.50 bits per heavy atom. The summed E-state index contributed by atoms with van der Waals surface area (Å²) in [6, 6.07) is 7.18. The molecule has 24 heavy (non-hydrogen) atoms. The summed E-state index contributed by atoms with van der Waals surface area (Å²) in [7, 11) is 0. The van der Waals surface area contributed by atoms with E-state index in [4.69, 9.17) is 10.5 Å². The van der Waals surface area contributed by atoms with Crippen molar-refractivity contribution in [2.75, 3.05) is 0 Å². The van der Waals surface area contributed by atoms with Gasteiger partial charge in [-0.3, -0.25) is 24.9 Å². The SMILES string of the molecule is N#CC1=C(N)Oc2[nH]c(=O)[nH]c(=O)c2[C@H]1c1ccc([N+](=O)[O-])cc1. The first kappa shape index (κ1) is 15.0. The molecule has 0 saturated heterocycles. The van der Waals surface area contributed by atoms with Gasteiger partial charge in [0.05, 0.1) is 16.4 Å². The van der Waals surface area contributed by atoms with Crippen LogP contribution in [0.4, 0.5) is 5.69 Å². The van der Waals surface area contributed by atoms with E-state index in [1.54, 1.807) is 0 Å². The van der Waals surface area contributed by atoms with Crippen LogP contribution in [-0.4, -0.2) is 14.9 Å². The molecule has 3 rings (SSSR count). The zero-order valence-electron chi connectivity index (χ0n) is 11.9. The zero-order valence-corrected chi connectivity index (χ0v) is 11.9. The van der Waals surface area contributed by atoms with Crippen LogP contribution in [0.1, 0.15) is 17.0 Å². The summed E-state index contributed by atoms with van der Waals surface area (Å²) in [6.07, 6.45) is 0. The average molecular weight is 327 g/mol. The summed E-state index contributed by atoms with van der Waals surface area (Å²) in [5.41, 5.74) is 4.42. The van der Waals surface area contributed by atoms with Gasteiger partial charge in [0.15, 0.2) is 0 Å². The Kier molecular flexibility index (Phi) is 3.38. The lowest BCUT2D eigenvalue weighted by Crippen LogP contribution is -2.33. The van der Waals surface area contributed by atoms with E-state index in [-0.39, 0.29) is 28.6 Å². The van der Waals surface area contributed by atoms with E-state index in [2.05, 4.69) is 9.97 Å². The molecule has 1 aliphatic heterocycles. The minimum Gasteiger partial charge on any atom is -0.424 e. The third-order valence-electron chi connectivity index (χ3n) is 3.56. The van der Waals surface area contributed by atoms with Crippen LogP contribution in [-0.2, 0) is 0 Å². The highest BCUT2D eigenvalue weighted by Crippen LogP contribution is 2.38. The number of benzene rings is 1. The van der Waals surface area contributed by atoms with Crippen LogP contribution in [0, 0.1) is 21.4 Å². The highest BCUT2D eigenvalue weighted by molar-refractivity contribution is 5.53. The quantitative estimate of drug-likeness (QED) is 0.522. The molecule has 1 aromatic carbocycles. The van der Waals surface area contributed by atoms with E-state index in [0.717, 1.165) is 0 Å². The van der Waals surface area contributed by atoms with Crippen molar-refractivity contribution in [3.8, 4) is 11.9 Å². The largest absolute Gasteiger partial charge is 0.424 e. The number of nitro groups is 1. The minimum atomic E-state index is -0.917. The lowest BCUT2D eigenvalue weighted by Gasteiger charge is -2.24. The molecule has 0 radical (unpaired) electrons. The van der Waals surface area contributed by atoms with Gasteiger partial charge in [0.25, 0.3) is 11.2 Å². The van der Waals surface area contributed by atoms with E-state index in [0.29, 0.717) is 5.56 Å². The number of nitrogens with two attached hydrogens (primary N) is 1. The van der Waals surface area contributed by atoms with Crippen LogP contribution < -0.4 is 21.7 Å². The van der Waals surface area contributed by atoms with Gasteiger partial charge < -0.3 is 10.5 Å². The summed E-state index contributed by atoms with van der Waals surface area (Å²) in [4.78, 5) is 38.1. The molecule has 0 aliphatic carbocycles. The van der Waals surface area contributed by atoms with Crippen molar-refractivity contribution in [1.29, 1.82) is 5.26 Å². The molecule has 0 bridgehead atoms. The van der Waals surface area contributed by atoms with Crippen molar-refractivity contribution in [1.82, 2.24) is 9.97 Å². The first-order valence-corrected chi connectivity index (χ1v) is 6.60. The maximum absolute atomic E-state index is 12.2. The maximum Gasteiger partial charge on any atom is 0.328 e. The molecule has 2 aromatic rings. The van der Waals surface area contributed by atoms with Gasteiger partial charge in [-0.2, -0.15) is 5.26 Å². The van der Waals surface area contributed by atoms with Crippen LogP contribution >= 0.6 is 0 Å². The molecule has 0 fully saturated rings. The van der Waals surface area contributed by atoms with Gasteiger partial charge in [-0.05, 0) is 5.56 Å². The Morgan fingerprint density at radius 1 is 1.25 bits per heavy atom. The zero-order chi connectivity index (χ0) is 17.4. The Labute approximate surface area is 133 Å². The number of H-pyrrole nitrogens is 2. The third kappa shape index (κ3) is 2.30. The molecule has 1 aliphatic rings. The lowest BCUT2D eigenvalue weighted by atomic mass is 9.85. The fraction of sp³-hybridized carbons (Fsp3) is 0.0714. The number of nitrogens with one attached hydrogen (secondary N) is 2. The van der Waals surface area contributed by atoms with Gasteiger partial charge in [0, 0.05) is 12.1 Å². The van der Waals surface area contributed by atoms with Crippen molar-refractivity contribution in [3.05, 3.63) is 77.8 Å². The normalized spacial score (nSPS) is 16.0.